The number of hydrogen-bond donors (Lipinski definition) is 1. The van der Waals surface area contributed by atoms with Crippen LogP contribution in [-0.2, 0) is 6.42 Å². The average Bonchev–Trinajstić information content (AvgIpc) is 2.93. The fourth-order valence-electron chi connectivity index (χ4n) is 2.49. The van der Waals surface area contributed by atoms with E-state index in [0.717, 1.165) is 39.1 Å². The molecule has 3 nitrogen and oxygen atoms in total. The van der Waals surface area contributed by atoms with Gasteiger partial charge in [-0.25, -0.2) is 0 Å². The molecule has 104 valence electrons. The summed E-state index contributed by atoms with van der Waals surface area (Å²) in [5.41, 5.74) is 2.72. The van der Waals surface area contributed by atoms with E-state index in [2.05, 4.69) is 15.9 Å². The lowest BCUT2D eigenvalue weighted by Gasteiger charge is -2.16. The second kappa shape index (κ2) is 5.46. The highest BCUT2D eigenvalue weighted by atomic mass is 79.9. The van der Waals surface area contributed by atoms with Crippen LogP contribution in [0.3, 0.4) is 0 Å². The SMILES string of the molecule is COc1cccc(C(O)c2cc(Br)cc3c2OCC3)c1. The third kappa shape index (κ3) is 2.41. The van der Waals surface area contributed by atoms with Crippen molar-refractivity contribution in [1.29, 1.82) is 0 Å². The van der Waals surface area contributed by atoms with Gasteiger partial charge in [0.1, 0.15) is 17.6 Å². The molecular formula is C16H15BrO3. The molecule has 0 amide bonds. The zero-order valence-corrected chi connectivity index (χ0v) is 12.7. The second-order valence-corrected chi connectivity index (χ2v) is 5.68. The first-order valence-corrected chi connectivity index (χ1v) is 7.25. The van der Waals surface area contributed by atoms with Crippen LogP contribution in [0.25, 0.3) is 0 Å². The van der Waals surface area contributed by atoms with E-state index in [1.807, 2.05) is 36.4 Å². The van der Waals surface area contributed by atoms with Crippen LogP contribution in [0.4, 0.5) is 0 Å². The Kier molecular flexibility index (Phi) is 3.68. The number of benzene rings is 2. The minimum atomic E-state index is -0.727. The van der Waals surface area contributed by atoms with Crippen molar-refractivity contribution in [2.75, 3.05) is 13.7 Å². The molecule has 0 spiro atoms. The van der Waals surface area contributed by atoms with E-state index in [4.69, 9.17) is 9.47 Å². The number of ether oxygens (including phenoxy) is 2. The molecule has 0 radical (unpaired) electrons. The normalized spacial score (nSPS) is 14.6. The van der Waals surface area contributed by atoms with Gasteiger partial charge in [-0.05, 0) is 35.4 Å². The van der Waals surface area contributed by atoms with Gasteiger partial charge in [-0.1, -0.05) is 28.1 Å². The van der Waals surface area contributed by atoms with E-state index in [9.17, 15) is 5.11 Å². The summed E-state index contributed by atoms with van der Waals surface area (Å²) < 4.78 is 11.8. The van der Waals surface area contributed by atoms with Gasteiger partial charge in [-0.3, -0.25) is 0 Å². The third-order valence-electron chi connectivity index (χ3n) is 3.48. The standard InChI is InChI=1S/C16H15BrO3/c1-19-13-4-2-3-10(8-13)15(18)14-9-12(17)7-11-5-6-20-16(11)14/h2-4,7-9,15,18H,5-6H2,1H3. The van der Waals surface area contributed by atoms with Gasteiger partial charge in [0.15, 0.2) is 0 Å². The molecule has 0 aromatic heterocycles. The Morgan fingerprint density at radius 3 is 2.95 bits per heavy atom. The number of halogens is 1. The van der Waals surface area contributed by atoms with Crippen LogP contribution in [0.1, 0.15) is 22.8 Å². The maximum Gasteiger partial charge on any atom is 0.128 e. The molecule has 0 aliphatic carbocycles. The summed E-state index contributed by atoms with van der Waals surface area (Å²) in [4.78, 5) is 0. The van der Waals surface area contributed by atoms with E-state index in [0.29, 0.717) is 6.61 Å². The van der Waals surface area contributed by atoms with E-state index in [1.54, 1.807) is 7.11 Å². The van der Waals surface area contributed by atoms with Crippen LogP contribution in [0.5, 0.6) is 11.5 Å². The molecule has 1 unspecified atom stereocenters. The van der Waals surface area contributed by atoms with Gasteiger partial charge >= 0.3 is 0 Å². The molecule has 0 saturated heterocycles. The van der Waals surface area contributed by atoms with Gasteiger partial charge in [0, 0.05) is 16.5 Å². The molecule has 4 heteroatoms. The van der Waals surface area contributed by atoms with Crippen molar-refractivity contribution < 1.29 is 14.6 Å². The molecule has 1 heterocycles. The molecule has 1 atom stereocenters. The lowest BCUT2D eigenvalue weighted by Crippen LogP contribution is -2.03. The molecule has 2 aromatic carbocycles. The third-order valence-corrected chi connectivity index (χ3v) is 3.94. The van der Waals surface area contributed by atoms with Crippen molar-refractivity contribution in [2.45, 2.75) is 12.5 Å². The Labute approximate surface area is 126 Å². The van der Waals surface area contributed by atoms with E-state index < -0.39 is 6.10 Å². The quantitative estimate of drug-likeness (QED) is 0.933. The lowest BCUT2D eigenvalue weighted by atomic mass is 9.98. The van der Waals surface area contributed by atoms with Crippen molar-refractivity contribution in [3.8, 4) is 11.5 Å². The van der Waals surface area contributed by atoms with Gasteiger partial charge in [-0.2, -0.15) is 0 Å². The average molecular weight is 335 g/mol. The highest BCUT2D eigenvalue weighted by molar-refractivity contribution is 9.10. The van der Waals surface area contributed by atoms with Crippen molar-refractivity contribution in [3.05, 3.63) is 57.6 Å². The predicted octanol–water partition coefficient (Wildman–Crippen LogP) is 3.47. The van der Waals surface area contributed by atoms with E-state index >= 15 is 0 Å². The maximum absolute atomic E-state index is 10.6. The molecule has 0 fully saturated rings. The van der Waals surface area contributed by atoms with Crippen molar-refractivity contribution in [1.82, 2.24) is 0 Å². The van der Waals surface area contributed by atoms with Gasteiger partial charge in [0.25, 0.3) is 0 Å². The minimum absolute atomic E-state index is 0.670. The Morgan fingerprint density at radius 1 is 1.30 bits per heavy atom. The van der Waals surface area contributed by atoms with E-state index in [1.165, 1.54) is 0 Å². The van der Waals surface area contributed by atoms with Crippen LogP contribution < -0.4 is 9.47 Å². The predicted molar refractivity (Wildman–Crippen MR) is 80.4 cm³/mol. The van der Waals surface area contributed by atoms with Gasteiger partial charge in [0.05, 0.1) is 13.7 Å². The van der Waals surface area contributed by atoms with Crippen molar-refractivity contribution in [3.63, 3.8) is 0 Å². The summed E-state index contributed by atoms with van der Waals surface area (Å²) in [7, 11) is 1.62. The van der Waals surface area contributed by atoms with Crippen molar-refractivity contribution in [2.24, 2.45) is 0 Å². The number of hydrogen-bond acceptors (Lipinski definition) is 3. The van der Waals surface area contributed by atoms with Crippen LogP contribution in [-0.4, -0.2) is 18.8 Å². The smallest absolute Gasteiger partial charge is 0.128 e. The Bertz CT molecular complexity index is 640. The number of rotatable bonds is 3. The second-order valence-electron chi connectivity index (χ2n) is 4.76. The Morgan fingerprint density at radius 2 is 2.15 bits per heavy atom. The Balaban J connectivity index is 2.04. The molecule has 3 rings (SSSR count). The molecule has 2 aromatic rings. The summed E-state index contributed by atoms with van der Waals surface area (Å²) >= 11 is 3.49. The number of aliphatic hydroxyl groups is 1. The zero-order chi connectivity index (χ0) is 14.1. The molecule has 0 bridgehead atoms. The van der Waals surface area contributed by atoms with Gasteiger partial charge in [0.2, 0.25) is 0 Å². The topological polar surface area (TPSA) is 38.7 Å². The molecule has 20 heavy (non-hydrogen) atoms. The van der Waals surface area contributed by atoms with Crippen LogP contribution in [0.2, 0.25) is 0 Å². The van der Waals surface area contributed by atoms with Crippen molar-refractivity contribution >= 4 is 15.9 Å². The van der Waals surface area contributed by atoms with Crippen LogP contribution >= 0.6 is 15.9 Å². The monoisotopic (exact) mass is 334 g/mol. The first-order chi connectivity index (χ1) is 9.69. The molecular weight excluding hydrogens is 320 g/mol. The molecule has 1 aliphatic heterocycles. The maximum atomic E-state index is 10.6. The number of fused-ring (bicyclic) bond motifs is 1. The zero-order valence-electron chi connectivity index (χ0n) is 11.1. The summed E-state index contributed by atoms with van der Waals surface area (Å²) in [5.74, 6) is 1.54. The molecule has 0 saturated carbocycles. The summed E-state index contributed by atoms with van der Waals surface area (Å²) in [6, 6.07) is 11.4. The highest BCUT2D eigenvalue weighted by Gasteiger charge is 2.23. The minimum Gasteiger partial charge on any atom is -0.497 e. The molecule has 1 aliphatic rings. The fraction of sp³-hybridized carbons (Fsp3) is 0.250. The highest BCUT2D eigenvalue weighted by Crippen LogP contribution is 2.39. The molecule has 1 N–H and O–H groups in total. The summed E-state index contributed by atoms with van der Waals surface area (Å²) in [5, 5.41) is 10.6. The number of methoxy groups -OCH3 is 1. The first kappa shape index (κ1) is 13.5. The van der Waals surface area contributed by atoms with Gasteiger partial charge in [-0.15, -0.1) is 0 Å². The van der Waals surface area contributed by atoms with Crippen LogP contribution in [0.15, 0.2) is 40.9 Å². The largest absolute Gasteiger partial charge is 0.497 e. The first-order valence-electron chi connectivity index (χ1n) is 6.46. The lowest BCUT2D eigenvalue weighted by molar-refractivity contribution is 0.213. The Hall–Kier alpha value is -1.52. The fourth-order valence-corrected chi connectivity index (χ4v) is 3.02. The van der Waals surface area contributed by atoms with Crippen LogP contribution in [0, 0.1) is 0 Å². The summed E-state index contributed by atoms with van der Waals surface area (Å²) in [6.45, 7) is 0.670. The van der Waals surface area contributed by atoms with E-state index in [-0.39, 0.29) is 0 Å². The van der Waals surface area contributed by atoms with Gasteiger partial charge < -0.3 is 14.6 Å². The summed E-state index contributed by atoms with van der Waals surface area (Å²) in [6.07, 6.45) is 0.154. The number of aliphatic hydroxyl groups excluding tert-OH is 1.